The molecular weight excluding hydrogens is 320 g/mol. The van der Waals surface area contributed by atoms with Crippen molar-refractivity contribution in [1.29, 1.82) is 0 Å². The number of alkyl halides is 1. The fraction of sp³-hybridized carbons (Fsp3) is 0.231. The normalized spacial score (nSPS) is 12.5. The van der Waals surface area contributed by atoms with Crippen LogP contribution in [0.1, 0.15) is 21.4 Å². The summed E-state index contributed by atoms with van der Waals surface area (Å²) in [6.07, 6.45) is 0. The lowest BCUT2D eigenvalue weighted by Crippen LogP contribution is -1.97. The predicted molar refractivity (Wildman–Crippen MR) is 77.4 cm³/mol. The maximum atomic E-state index is 6.53. The number of ether oxygens (including phenoxy) is 1. The molecule has 1 unspecified atom stereocenters. The molecule has 1 heterocycles. The van der Waals surface area contributed by atoms with E-state index in [2.05, 4.69) is 28.9 Å². The zero-order valence-corrected chi connectivity index (χ0v) is 12.7. The van der Waals surface area contributed by atoms with E-state index in [0.717, 1.165) is 20.7 Å². The van der Waals surface area contributed by atoms with E-state index in [-0.39, 0.29) is 5.38 Å². The van der Waals surface area contributed by atoms with E-state index in [0.29, 0.717) is 0 Å². The second kappa shape index (κ2) is 5.42. The molecule has 0 amide bonds. The fourth-order valence-corrected chi connectivity index (χ4v) is 3.85. The van der Waals surface area contributed by atoms with Crippen LogP contribution in [-0.2, 0) is 0 Å². The molecule has 90 valence electrons. The molecule has 0 radical (unpaired) electrons. The van der Waals surface area contributed by atoms with Crippen LogP contribution in [0.4, 0.5) is 0 Å². The van der Waals surface area contributed by atoms with Crippen molar-refractivity contribution >= 4 is 38.9 Å². The molecular formula is C13H12BrClOS. The number of thiophene rings is 1. The number of hydrogen-bond acceptors (Lipinski definition) is 2. The second-order valence-electron chi connectivity index (χ2n) is 3.74. The van der Waals surface area contributed by atoms with Crippen LogP contribution in [0.25, 0.3) is 0 Å². The van der Waals surface area contributed by atoms with Crippen molar-refractivity contribution in [3.05, 3.63) is 50.1 Å². The number of aryl methyl sites for hydroxylation is 1. The molecule has 4 heteroatoms. The molecule has 17 heavy (non-hydrogen) atoms. The van der Waals surface area contributed by atoms with Crippen molar-refractivity contribution in [3.63, 3.8) is 0 Å². The summed E-state index contributed by atoms with van der Waals surface area (Å²) in [6.45, 7) is 2.05. The second-order valence-corrected chi connectivity index (χ2v) is 5.98. The molecule has 0 aliphatic heterocycles. The van der Waals surface area contributed by atoms with Crippen LogP contribution in [0, 0.1) is 6.92 Å². The Bertz CT molecular complexity index is 524. The van der Waals surface area contributed by atoms with Crippen LogP contribution < -0.4 is 4.74 Å². The van der Waals surface area contributed by atoms with Gasteiger partial charge in [-0.05, 0) is 40.4 Å². The molecule has 0 spiro atoms. The Labute approximate surface area is 119 Å². The average molecular weight is 332 g/mol. The first kappa shape index (κ1) is 12.9. The summed E-state index contributed by atoms with van der Waals surface area (Å²) in [5.74, 6) is 0.830. The Morgan fingerprint density at radius 2 is 2.12 bits per heavy atom. The van der Waals surface area contributed by atoms with E-state index >= 15 is 0 Å². The first-order valence-corrected chi connectivity index (χ1v) is 7.26. The van der Waals surface area contributed by atoms with Crippen LogP contribution in [0.2, 0.25) is 0 Å². The summed E-state index contributed by atoms with van der Waals surface area (Å²) in [5.41, 5.74) is 2.19. The smallest absolute Gasteiger partial charge is 0.123 e. The summed E-state index contributed by atoms with van der Waals surface area (Å²) in [7, 11) is 1.67. The Balaban J connectivity index is 2.46. The number of benzene rings is 1. The van der Waals surface area contributed by atoms with Gasteiger partial charge >= 0.3 is 0 Å². The van der Waals surface area contributed by atoms with Crippen LogP contribution in [0.3, 0.4) is 0 Å². The molecule has 1 nitrogen and oxygen atoms in total. The zero-order chi connectivity index (χ0) is 12.4. The fourth-order valence-electron chi connectivity index (χ4n) is 1.68. The summed E-state index contributed by atoms with van der Waals surface area (Å²) >= 11 is 11.7. The molecule has 0 bridgehead atoms. The number of rotatable bonds is 3. The number of methoxy groups -OCH3 is 1. The van der Waals surface area contributed by atoms with Gasteiger partial charge in [-0.1, -0.05) is 17.7 Å². The molecule has 1 atom stereocenters. The van der Waals surface area contributed by atoms with Crippen molar-refractivity contribution in [3.8, 4) is 5.75 Å². The molecule has 0 aliphatic rings. The van der Waals surface area contributed by atoms with E-state index in [4.69, 9.17) is 16.3 Å². The molecule has 0 saturated heterocycles. The maximum absolute atomic E-state index is 6.53. The molecule has 1 aromatic heterocycles. The lowest BCUT2D eigenvalue weighted by molar-refractivity contribution is 0.410. The molecule has 1 aromatic carbocycles. The Kier molecular flexibility index (Phi) is 4.13. The van der Waals surface area contributed by atoms with Crippen LogP contribution in [-0.4, -0.2) is 7.11 Å². The van der Waals surface area contributed by atoms with Gasteiger partial charge in [0, 0.05) is 14.9 Å². The molecule has 0 aliphatic carbocycles. The van der Waals surface area contributed by atoms with Crippen LogP contribution >= 0.6 is 38.9 Å². The lowest BCUT2D eigenvalue weighted by atomic mass is 10.1. The van der Waals surface area contributed by atoms with Gasteiger partial charge in [0.2, 0.25) is 0 Å². The van der Waals surface area contributed by atoms with Gasteiger partial charge < -0.3 is 4.74 Å². The monoisotopic (exact) mass is 330 g/mol. The third-order valence-electron chi connectivity index (χ3n) is 2.53. The van der Waals surface area contributed by atoms with Crippen molar-refractivity contribution in [1.82, 2.24) is 0 Å². The average Bonchev–Trinajstić information content (AvgIpc) is 2.74. The van der Waals surface area contributed by atoms with Gasteiger partial charge in [-0.15, -0.1) is 22.9 Å². The Morgan fingerprint density at radius 3 is 2.71 bits per heavy atom. The topological polar surface area (TPSA) is 9.23 Å². The zero-order valence-electron chi connectivity index (χ0n) is 9.54. The van der Waals surface area contributed by atoms with Gasteiger partial charge in [-0.25, -0.2) is 0 Å². The van der Waals surface area contributed by atoms with Crippen molar-refractivity contribution in [2.75, 3.05) is 7.11 Å². The number of hydrogen-bond donors (Lipinski definition) is 0. The standard InChI is InChI=1S/C13H12BrClOS/c1-8-3-4-11(16-2)9(7-8)12(15)13-10(14)5-6-17-13/h3-7,12H,1-2H3. The van der Waals surface area contributed by atoms with E-state index in [9.17, 15) is 0 Å². The first-order valence-electron chi connectivity index (χ1n) is 5.15. The van der Waals surface area contributed by atoms with Gasteiger partial charge in [0.25, 0.3) is 0 Å². The van der Waals surface area contributed by atoms with Gasteiger partial charge in [-0.2, -0.15) is 0 Å². The predicted octanol–water partition coefficient (Wildman–Crippen LogP) is 5.16. The van der Waals surface area contributed by atoms with Gasteiger partial charge in [0.05, 0.1) is 12.5 Å². The van der Waals surface area contributed by atoms with Gasteiger partial charge in [-0.3, -0.25) is 0 Å². The SMILES string of the molecule is COc1ccc(C)cc1C(Cl)c1sccc1Br. The highest BCUT2D eigenvalue weighted by atomic mass is 79.9. The van der Waals surface area contributed by atoms with Crippen molar-refractivity contribution in [2.45, 2.75) is 12.3 Å². The van der Waals surface area contributed by atoms with Gasteiger partial charge in [0.1, 0.15) is 5.75 Å². The van der Waals surface area contributed by atoms with Crippen LogP contribution in [0.15, 0.2) is 34.1 Å². The summed E-state index contributed by atoms with van der Waals surface area (Å²) in [4.78, 5) is 1.11. The third kappa shape index (κ3) is 2.67. The van der Waals surface area contributed by atoms with E-state index in [1.807, 2.05) is 23.6 Å². The number of halogens is 2. The Morgan fingerprint density at radius 1 is 1.35 bits per heavy atom. The summed E-state index contributed by atoms with van der Waals surface area (Å²) in [5, 5.41) is 1.84. The quantitative estimate of drug-likeness (QED) is 0.706. The van der Waals surface area contributed by atoms with E-state index in [1.165, 1.54) is 5.56 Å². The van der Waals surface area contributed by atoms with Crippen LogP contribution in [0.5, 0.6) is 5.75 Å². The first-order chi connectivity index (χ1) is 8.13. The lowest BCUT2D eigenvalue weighted by Gasteiger charge is -2.14. The maximum Gasteiger partial charge on any atom is 0.123 e. The highest BCUT2D eigenvalue weighted by Gasteiger charge is 2.19. The Hall–Kier alpha value is -0.510. The minimum Gasteiger partial charge on any atom is -0.496 e. The minimum atomic E-state index is -0.181. The largest absolute Gasteiger partial charge is 0.496 e. The molecule has 0 N–H and O–H groups in total. The summed E-state index contributed by atoms with van der Waals surface area (Å²) < 4.78 is 6.41. The third-order valence-corrected chi connectivity index (χ3v) is 5.05. The van der Waals surface area contributed by atoms with E-state index < -0.39 is 0 Å². The molecule has 0 saturated carbocycles. The van der Waals surface area contributed by atoms with Crippen molar-refractivity contribution in [2.24, 2.45) is 0 Å². The summed E-state index contributed by atoms with van der Waals surface area (Å²) in [6, 6.07) is 8.07. The molecule has 2 aromatic rings. The molecule has 0 fully saturated rings. The van der Waals surface area contributed by atoms with E-state index in [1.54, 1.807) is 18.4 Å². The highest BCUT2D eigenvalue weighted by Crippen LogP contribution is 2.41. The molecule has 2 rings (SSSR count). The van der Waals surface area contributed by atoms with Gasteiger partial charge in [0.15, 0.2) is 0 Å². The van der Waals surface area contributed by atoms with Crippen molar-refractivity contribution < 1.29 is 4.74 Å². The highest BCUT2D eigenvalue weighted by molar-refractivity contribution is 9.10. The minimum absolute atomic E-state index is 0.181.